The Balaban J connectivity index is 4.71. The fourth-order valence-corrected chi connectivity index (χ4v) is 8.42. The lowest BCUT2D eigenvalue weighted by Crippen LogP contribution is -2.49. The van der Waals surface area contributed by atoms with Crippen LogP contribution in [-0.4, -0.2) is 88.3 Å². The van der Waals surface area contributed by atoms with Gasteiger partial charge in [0, 0.05) is 64.3 Å². The Morgan fingerprint density at radius 3 is 1.48 bits per heavy atom. The van der Waals surface area contributed by atoms with Gasteiger partial charge in [-0.15, -0.1) is 0 Å². The molecule has 0 amide bonds. The average Bonchev–Trinajstić information content (AvgIpc) is 2.66. The fourth-order valence-electron chi connectivity index (χ4n) is 2.98. The molecule has 1 unspecified atom stereocenters. The molecule has 0 aromatic heterocycles. The zero-order chi connectivity index (χ0) is 22.2. The van der Waals surface area contributed by atoms with Crippen molar-refractivity contribution in [2.75, 3.05) is 59.8 Å². The molecule has 176 valence electrons. The first kappa shape index (κ1) is 29.1. The Hall–Kier alpha value is 0.114. The first-order chi connectivity index (χ1) is 13.8. The second-order valence-electron chi connectivity index (χ2n) is 6.95. The Morgan fingerprint density at radius 2 is 1.10 bits per heavy atom. The highest BCUT2D eigenvalue weighted by molar-refractivity contribution is 6.61. The molecule has 0 radical (unpaired) electrons. The first-order valence-electron chi connectivity index (χ1n) is 11.1. The molecule has 1 atom stereocenters. The topological polar surface area (TPSA) is 84.6 Å². The van der Waals surface area contributed by atoms with Crippen LogP contribution in [0.15, 0.2) is 0 Å². The highest BCUT2D eigenvalue weighted by Gasteiger charge is 2.41. The van der Waals surface area contributed by atoms with E-state index in [-0.39, 0.29) is 6.04 Å². The normalized spacial score (nSPS) is 14.0. The fraction of sp³-hybridized carbons (Fsp3) is 1.00. The Morgan fingerprint density at radius 1 is 0.690 bits per heavy atom. The molecule has 2 N–H and O–H groups in total. The summed E-state index contributed by atoms with van der Waals surface area (Å²) in [5.41, 5.74) is 5.94. The maximum atomic E-state index is 6.22. The van der Waals surface area contributed by atoms with Crippen molar-refractivity contribution in [3.63, 3.8) is 0 Å². The van der Waals surface area contributed by atoms with Crippen LogP contribution in [0.1, 0.15) is 48.0 Å². The summed E-state index contributed by atoms with van der Waals surface area (Å²) in [4.78, 5) is 2.21. The van der Waals surface area contributed by atoms with Gasteiger partial charge in [-0.2, -0.15) is 0 Å². The van der Waals surface area contributed by atoms with Gasteiger partial charge in [-0.05, 0) is 55.0 Å². The van der Waals surface area contributed by atoms with Gasteiger partial charge in [0.25, 0.3) is 0 Å². The summed E-state index contributed by atoms with van der Waals surface area (Å²) in [5.74, 6) is 0. The molecule has 0 aliphatic carbocycles. The smallest absolute Gasteiger partial charge is 0.374 e. The second-order valence-corrected chi connectivity index (χ2v) is 12.4. The third-order valence-electron chi connectivity index (χ3n) is 4.32. The van der Waals surface area contributed by atoms with Gasteiger partial charge in [0.15, 0.2) is 0 Å². The molecule has 10 heteroatoms. The summed E-state index contributed by atoms with van der Waals surface area (Å²) in [6.45, 7) is 16.9. The minimum absolute atomic E-state index is 0.0999. The van der Waals surface area contributed by atoms with E-state index in [1.165, 1.54) is 0 Å². The SMILES string of the molecule is CCO[Si](CCN(C)CCO[Si](CCC(C)N)(OCC)OCC)(OCC)OCC. The standard InChI is InChI=1S/C19H46N2O6Si2/c1-8-22-28(23-9-2,17-13-19(6)20)27-16-14-21(7)15-18-29(24-10-3,25-11-4)26-12-5/h19H,8-18,20H2,1-7H3. The lowest BCUT2D eigenvalue weighted by Gasteiger charge is -2.31. The highest BCUT2D eigenvalue weighted by atomic mass is 28.4. The lowest BCUT2D eigenvalue weighted by atomic mass is 10.3. The largest absolute Gasteiger partial charge is 0.502 e. The molecule has 0 bridgehead atoms. The lowest BCUT2D eigenvalue weighted by molar-refractivity contribution is 0.0559. The number of rotatable bonds is 20. The van der Waals surface area contributed by atoms with Crippen LogP contribution in [0.2, 0.25) is 12.1 Å². The molecule has 0 spiro atoms. The molecule has 0 aromatic carbocycles. The van der Waals surface area contributed by atoms with Crippen LogP contribution in [0.5, 0.6) is 0 Å². The number of hydrogen-bond acceptors (Lipinski definition) is 8. The van der Waals surface area contributed by atoms with E-state index in [0.717, 1.165) is 31.6 Å². The molecular formula is C19H46N2O6Si2. The van der Waals surface area contributed by atoms with E-state index < -0.39 is 17.6 Å². The van der Waals surface area contributed by atoms with Crippen LogP contribution >= 0.6 is 0 Å². The third kappa shape index (κ3) is 12.5. The zero-order valence-corrected chi connectivity index (χ0v) is 21.8. The van der Waals surface area contributed by atoms with Gasteiger partial charge in [0.2, 0.25) is 0 Å². The Bertz CT molecular complexity index is 371. The Labute approximate surface area is 181 Å². The Kier molecular flexibility index (Phi) is 16.8. The van der Waals surface area contributed by atoms with Crippen LogP contribution < -0.4 is 5.73 Å². The molecule has 29 heavy (non-hydrogen) atoms. The number of hydrogen-bond donors (Lipinski definition) is 1. The third-order valence-corrected chi connectivity index (χ3v) is 10.3. The molecule has 8 nitrogen and oxygen atoms in total. The summed E-state index contributed by atoms with van der Waals surface area (Å²) in [6.07, 6.45) is 0.827. The van der Waals surface area contributed by atoms with E-state index >= 15 is 0 Å². The molecule has 0 aliphatic rings. The molecule has 0 aromatic rings. The summed E-state index contributed by atoms with van der Waals surface area (Å²) in [6, 6.07) is 1.59. The zero-order valence-electron chi connectivity index (χ0n) is 19.8. The van der Waals surface area contributed by atoms with E-state index in [4.69, 9.17) is 32.3 Å². The summed E-state index contributed by atoms with van der Waals surface area (Å²) < 4.78 is 36.0. The summed E-state index contributed by atoms with van der Waals surface area (Å²) in [7, 11) is -3.25. The van der Waals surface area contributed by atoms with Crippen molar-refractivity contribution >= 4 is 17.6 Å². The molecule has 0 rings (SSSR count). The van der Waals surface area contributed by atoms with E-state index in [1.54, 1.807) is 0 Å². The molecular weight excluding hydrogens is 408 g/mol. The molecule has 0 heterocycles. The number of likely N-dealkylation sites (N-methyl/N-ethyl adjacent to an activating group) is 1. The number of nitrogens with two attached hydrogens (primary N) is 1. The van der Waals surface area contributed by atoms with Crippen molar-refractivity contribution in [1.29, 1.82) is 0 Å². The minimum atomic E-state index is -2.69. The van der Waals surface area contributed by atoms with Gasteiger partial charge < -0.3 is 37.2 Å². The van der Waals surface area contributed by atoms with Crippen molar-refractivity contribution in [3.8, 4) is 0 Å². The van der Waals surface area contributed by atoms with Crippen molar-refractivity contribution in [2.24, 2.45) is 5.73 Å². The van der Waals surface area contributed by atoms with E-state index in [2.05, 4.69) is 11.9 Å². The maximum absolute atomic E-state index is 6.22. The van der Waals surface area contributed by atoms with Crippen molar-refractivity contribution in [2.45, 2.75) is 66.1 Å². The van der Waals surface area contributed by atoms with Gasteiger partial charge in [0.05, 0.1) is 6.61 Å². The minimum Gasteiger partial charge on any atom is -0.374 e. The molecule has 0 fully saturated rings. The van der Waals surface area contributed by atoms with Crippen LogP contribution in [0.3, 0.4) is 0 Å². The van der Waals surface area contributed by atoms with Crippen LogP contribution in [-0.2, 0) is 26.6 Å². The van der Waals surface area contributed by atoms with E-state index in [9.17, 15) is 0 Å². The van der Waals surface area contributed by atoms with Gasteiger partial charge in [-0.3, -0.25) is 0 Å². The molecule has 0 saturated heterocycles. The van der Waals surface area contributed by atoms with Crippen LogP contribution in [0, 0.1) is 0 Å². The quantitative estimate of drug-likeness (QED) is 0.281. The van der Waals surface area contributed by atoms with Gasteiger partial charge in [-0.25, -0.2) is 0 Å². The van der Waals surface area contributed by atoms with E-state index in [1.807, 2.05) is 41.5 Å². The van der Waals surface area contributed by atoms with Crippen LogP contribution in [0.4, 0.5) is 0 Å². The van der Waals surface area contributed by atoms with Crippen molar-refractivity contribution in [1.82, 2.24) is 4.90 Å². The number of nitrogens with zero attached hydrogens (tertiary/aromatic N) is 1. The van der Waals surface area contributed by atoms with Gasteiger partial charge in [0.1, 0.15) is 0 Å². The summed E-state index contributed by atoms with van der Waals surface area (Å²) >= 11 is 0. The van der Waals surface area contributed by atoms with Crippen molar-refractivity contribution in [3.05, 3.63) is 0 Å². The predicted molar refractivity (Wildman–Crippen MR) is 121 cm³/mol. The average molecular weight is 455 g/mol. The first-order valence-corrected chi connectivity index (χ1v) is 15.0. The summed E-state index contributed by atoms with van der Waals surface area (Å²) in [5, 5.41) is 0. The van der Waals surface area contributed by atoms with Gasteiger partial charge in [-0.1, -0.05) is 0 Å². The highest BCUT2D eigenvalue weighted by Crippen LogP contribution is 2.20. The van der Waals surface area contributed by atoms with Crippen molar-refractivity contribution < 1.29 is 26.6 Å². The van der Waals surface area contributed by atoms with E-state index in [0.29, 0.717) is 39.6 Å². The monoisotopic (exact) mass is 454 g/mol. The second kappa shape index (κ2) is 16.8. The molecule has 0 saturated carbocycles. The van der Waals surface area contributed by atoms with Gasteiger partial charge >= 0.3 is 17.6 Å². The maximum Gasteiger partial charge on any atom is 0.502 e. The van der Waals surface area contributed by atoms with Crippen LogP contribution in [0.25, 0.3) is 0 Å². The predicted octanol–water partition coefficient (Wildman–Crippen LogP) is 2.73. The molecule has 0 aliphatic heterocycles.